The van der Waals surface area contributed by atoms with Crippen LogP contribution in [0.15, 0.2) is 23.1 Å². The molecule has 0 saturated carbocycles. The first-order chi connectivity index (χ1) is 17.0. The SMILES string of the molecule is CCOC(=O)/C=C/[C@H](CCCN(C(=N)N)S(=O)(=O)c1c(C)cc(OC)c(C)c1C)NC(=O)OC(C)(C)C. The van der Waals surface area contributed by atoms with Gasteiger partial charge in [-0.05, 0) is 84.1 Å². The van der Waals surface area contributed by atoms with Crippen LogP contribution < -0.4 is 15.8 Å². The molecule has 0 heterocycles. The summed E-state index contributed by atoms with van der Waals surface area (Å²) in [6.07, 6.45) is 2.39. The second kappa shape index (κ2) is 13.3. The van der Waals surface area contributed by atoms with Gasteiger partial charge >= 0.3 is 12.1 Å². The Bertz CT molecular complexity index is 1120. The molecule has 208 valence electrons. The van der Waals surface area contributed by atoms with Gasteiger partial charge in [-0.15, -0.1) is 0 Å². The minimum absolute atomic E-state index is 0.0617. The highest BCUT2D eigenvalue weighted by molar-refractivity contribution is 7.89. The van der Waals surface area contributed by atoms with Crippen LogP contribution in [0, 0.1) is 26.2 Å². The highest BCUT2D eigenvalue weighted by Gasteiger charge is 2.30. The Balaban J connectivity index is 3.16. The minimum Gasteiger partial charge on any atom is -0.496 e. The zero-order valence-corrected chi connectivity index (χ0v) is 23.7. The average molecular weight is 541 g/mol. The molecule has 0 bridgehead atoms. The summed E-state index contributed by atoms with van der Waals surface area (Å²) in [5.41, 5.74) is 6.60. The summed E-state index contributed by atoms with van der Waals surface area (Å²) in [7, 11) is -2.65. The van der Waals surface area contributed by atoms with Gasteiger partial charge in [0, 0.05) is 12.6 Å². The van der Waals surface area contributed by atoms with Crippen molar-refractivity contribution in [1.29, 1.82) is 5.41 Å². The van der Waals surface area contributed by atoms with E-state index in [1.165, 1.54) is 19.3 Å². The molecule has 0 fully saturated rings. The van der Waals surface area contributed by atoms with Crippen molar-refractivity contribution < 1.29 is 32.2 Å². The Hall–Kier alpha value is -3.28. The van der Waals surface area contributed by atoms with Crippen LogP contribution in [0.3, 0.4) is 0 Å². The molecule has 0 spiro atoms. The number of alkyl carbamates (subject to hydrolysis) is 1. The van der Waals surface area contributed by atoms with Crippen molar-refractivity contribution in [2.75, 3.05) is 20.3 Å². The van der Waals surface area contributed by atoms with Crippen molar-refractivity contribution in [3.8, 4) is 5.75 Å². The fraction of sp³-hybridized carbons (Fsp3) is 0.560. The van der Waals surface area contributed by atoms with E-state index in [-0.39, 0.29) is 30.9 Å². The number of hydrogen-bond donors (Lipinski definition) is 3. The summed E-state index contributed by atoms with van der Waals surface area (Å²) in [5.74, 6) is -0.647. The minimum atomic E-state index is -4.16. The maximum atomic E-state index is 13.6. The number of esters is 1. The molecule has 0 aromatic heterocycles. The summed E-state index contributed by atoms with van der Waals surface area (Å²) in [6, 6.07) is 0.969. The van der Waals surface area contributed by atoms with E-state index in [4.69, 9.17) is 25.4 Å². The Morgan fingerprint density at radius 3 is 2.35 bits per heavy atom. The number of sulfonamides is 1. The van der Waals surface area contributed by atoms with Crippen LogP contribution in [0.1, 0.15) is 57.2 Å². The summed E-state index contributed by atoms with van der Waals surface area (Å²) < 4.78 is 43.5. The van der Waals surface area contributed by atoms with E-state index in [0.717, 1.165) is 4.31 Å². The number of carbonyl (C=O) groups excluding carboxylic acids is 2. The number of ether oxygens (including phenoxy) is 3. The maximum Gasteiger partial charge on any atom is 0.408 e. The van der Waals surface area contributed by atoms with Gasteiger partial charge in [0.2, 0.25) is 5.96 Å². The van der Waals surface area contributed by atoms with Crippen LogP contribution in [0.25, 0.3) is 0 Å². The second-order valence-corrected chi connectivity index (χ2v) is 11.2. The quantitative estimate of drug-likeness (QED) is 0.167. The van der Waals surface area contributed by atoms with E-state index in [1.807, 2.05) is 0 Å². The lowest BCUT2D eigenvalue weighted by Crippen LogP contribution is -2.43. The molecule has 1 aromatic rings. The van der Waals surface area contributed by atoms with Crippen LogP contribution in [-0.2, 0) is 24.3 Å². The van der Waals surface area contributed by atoms with Crippen LogP contribution >= 0.6 is 0 Å². The fourth-order valence-electron chi connectivity index (χ4n) is 3.63. The molecule has 0 radical (unpaired) electrons. The monoisotopic (exact) mass is 540 g/mol. The number of nitrogens with zero attached hydrogens (tertiary/aromatic N) is 1. The van der Waals surface area contributed by atoms with Gasteiger partial charge in [-0.1, -0.05) is 6.08 Å². The number of nitrogens with one attached hydrogen (secondary N) is 2. The molecule has 0 unspecified atom stereocenters. The van der Waals surface area contributed by atoms with Crippen molar-refractivity contribution >= 4 is 28.0 Å². The van der Waals surface area contributed by atoms with Crippen LogP contribution in [0.2, 0.25) is 0 Å². The number of hydrogen-bond acceptors (Lipinski definition) is 8. The molecular weight excluding hydrogens is 500 g/mol. The van der Waals surface area contributed by atoms with Gasteiger partial charge in [-0.3, -0.25) is 5.41 Å². The highest BCUT2D eigenvalue weighted by Crippen LogP contribution is 2.32. The van der Waals surface area contributed by atoms with Gasteiger partial charge in [0.05, 0.1) is 24.7 Å². The van der Waals surface area contributed by atoms with Gasteiger partial charge in [-0.25, -0.2) is 22.3 Å². The van der Waals surface area contributed by atoms with E-state index >= 15 is 0 Å². The van der Waals surface area contributed by atoms with Crippen molar-refractivity contribution in [3.63, 3.8) is 0 Å². The Morgan fingerprint density at radius 2 is 1.84 bits per heavy atom. The number of methoxy groups -OCH3 is 1. The maximum absolute atomic E-state index is 13.6. The molecule has 37 heavy (non-hydrogen) atoms. The number of amides is 1. The summed E-state index contributed by atoms with van der Waals surface area (Å²) in [4.78, 5) is 24.1. The third-order valence-electron chi connectivity index (χ3n) is 5.34. The molecule has 12 heteroatoms. The Labute approximate surface area is 219 Å². The lowest BCUT2D eigenvalue weighted by atomic mass is 10.1. The third-order valence-corrected chi connectivity index (χ3v) is 7.45. The zero-order valence-electron chi connectivity index (χ0n) is 22.9. The van der Waals surface area contributed by atoms with Crippen LogP contribution in [-0.4, -0.2) is 62.6 Å². The van der Waals surface area contributed by atoms with Crippen molar-refractivity contribution in [2.45, 2.75) is 77.8 Å². The topological polar surface area (TPSA) is 161 Å². The number of aryl methyl sites for hydroxylation is 1. The van der Waals surface area contributed by atoms with Crippen molar-refractivity contribution in [3.05, 3.63) is 34.9 Å². The van der Waals surface area contributed by atoms with E-state index in [2.05, 4.69) is 5.32 Å². The molecule has 0 saturated heterocycles. The first kappa shape index (κ1) is 31.7. The van der Waals surface area contributed by atoms with E-state index < -0.39 is 39.7 Å². The number of guanidine groups is 1. The molecule has 1 rings (SSSR count). The lowest BCUT2D eigenvalue weighted by molar-refractivity contribution is -0.137. The Morgan fingerprint density at radius 1 is 1.22 bits per heavy atom. The highest BCUT2D eigenvalue weighted by atomic mass is 32.2. The molecule has 4 N–H and O–H groups in total. The Kier molecular flexibility index (Phi) is 11.4. The van der Waals surface area contributed by atoms with Crippen molar-refractivity contribution in [1.82, 2.24) is 9.62 Å². The largest absolute Gasteiger partial charge is 0.496 e. The normalized spacial score (nSPS) is 12.6. The summed E-state index contributed by atoms with van der Waals surface area (Å²) >= 11 is 0. The summed E-state index contributed by atoms with van der Waals surface area (Å²) in [5, 5.41) is 10.6. The molecule has 0 aliphatic carbocycles. The number of benzene rings is 1. The van der Waals surface area contributed by atoms with Gasteiger partial charge in [0.25, 0.3) is 10.0 Å². The first-order valence-electron chi connectivity index (χ1n) is 11.9. The zero-order chi connectivity index (χ0) is 28.6. The van der Waals surface area contributed by atoms with Gasteiger partial charge in [0.15, 0.2) is 0 Å². The fourth-order valence-corrected chi connectivity index (χ4v) is 5.48. The lowest BCUT2D eigenvalue weighted by Gasteiger charge is -2.26. The first-order valence-corrected chi connectivity index (χ1v) is 13.3. The predicted octanol–water partition coefficient (Wildman–Crippen LogP) is 3.30. The van der Waals surface area contributed by atoms with Crippen molar-refractivity contribution in [2.24, 2.45) is 5.73 Å². The molecule has 0 aliphatic heterocycles. The molecule has 1 amide bonds. The smallest absolute Gasteiger partial charge is 0.408 e. The van der Waals surface area contributed by atoms with E-state index in [1.54, 1.807) is 54.5 Å². The van der Waals surface area contributed by atoms with E-state index in [0.29, 0.717) is 22.4 Å². The number of nitrogens with two attached hydrogens (primary N) is 1. The van der Waals surface area contributed by atoms with E-state index in [9.17, 15) is 18.0 Å². The average Bonchev–Trinajstić information content (AvgIpc) is 2.75. The van der Waals surface area contributed by atoms with Gasteiger partial charge in [0.1, 0.15) is 11.4 Å². The summed E-state index contributed by atoms with van der Waals surface area (Å²) in [6.45, 7) is 12.0. The molecule has 0 aliphatic rings. The molecular formula is C25H40N4O7S. The van der Waals surface area contributed by atoms with Gasteiger partial charge in [-0.2, -0.15) is 0 Å². The van der Waals surface area contributed by atoms with Gasteiger partial charge < -0.3 is 25.3 Å². The molecule has 1 atom stereocenters. The predicted molar refractivity (Wildman–Crippen MR) is 141 cm³/mol. The number of carbonyl (C=O) groups is 2. The number of rotatable bonds is 11. The second-order valence-electron chi connectivity index (χ2n) is 9.44. The van der Waals surface area contributed by atoms with Crippen LogP contribution in [0.4, 0.5) is 4.79 Å². The van der Waals surface area contributed by atoms with Crippen LogP contribution in [0.5, 0.6) is 5.75 Å². The third kappa shape index (κ3) is 9.27. The standard InChI is InChI=1S/C25H40N4O7S/c1-9-35-21(30)13-12-19(28-24(31)36-25(5,6)7)11-10-14-29(23(26)27)37(32,33)22-16(2)15-20(34-8)17(3)18(22)4/h12-13,15,19H,9-11,14H2,1-8H3,(H3,26,27)(H,28,31)/b13-12+/t19-/m0/s1. The molecule has 1 aromatic carbocycles. The molecule has 11 nitrogen and oxygen atoms in total.